The Balaban J connectivity index is 1.13. The van der Waals surface area contributed by atoms with Gasteiger partial charge in [-0.25, -0.2) is 4.98 Å². The van der Waals surface area contributed by atoms with E-state index in [-0.39, 0.29) is 0 Å². The fourth-order valence-electron chi connectivity index (χ4n) is 8.50. The van der Waals surface area contributed by atoms with Crippen LogP contribution in [0.5, 0.6) is 0 Å². The van der Waals surface area contributed by atoms with Gasteiger partial charge in [0.1, 0.15) is 5.58 Å². The summed E-state index contributed by atoms with van der Waals surface area (Å²) in [4.78, 5) is 10.1. The highest BCUT2D eigenvalue weighted by Crippen LogP contribution is 2.42. The summed E-state index contributed by atoms with van der Waals surface area (Å²) in [5.41, 5.74) is 11.4. The summed E-state index contributed by atoms with van der Waals surface area (Å²) in [6, 6.07) is 56.0. The molecule has 0 aliphatic heterocycles. The van der Waals surface area contributed by atoms with Gasteiger partial charge in [-0.05, 0) is 42.5 Å². The summed E-state index contributed by atoms with van der Waals surface area (Å²) in [5, 5.41) is 9.43. The molecular weight excluding hydrogens is 625 g/mol. The first-order valence-corrected chi connectivity index (χ1v) is 17.3. The van der Waals surface area contributed by atoms with E-state index < -0.39 is 0 Å². The Bertz CT molecular complexity index is 3370. The first kappa shape index (κ1) is 26.9. The van der Waals surface area contributed by atoms with E-state index >= 15 is 0 Å². The van der Waals surface area contributed by atoms with E-state index in [1.54, 1.807) is 0 Å². The summed E-state index contributed by atoms with van der Waals surface area (Å²) >= 11 is 0. The maximum absolute atomic E-state index is 6.34. The van der Waals surface area contributed by atoms with Crippen LogP contribution in [0.15, 0.2) is 162 Å². The van der Waals surface area contributed by atoms with Crippen LogP contribution in [0, 0.1) is 0 Å². The Morgan fingerprint density at radius 1 is 0.431 bits per heavy atom. The van der Waals surface area contributed by atoms with Crippen LogP contribution >= 0.6 is 0 Å². The zero-order valence-electron chi connectivity index (χ0n) is 27.2. The van der Waals surface area contributed by atoms with Crippen molar-refractivity contribution in [2.45, 2.75) is 0 Å². The Kier molecular flexibility index (Phi) is 5.17. The summed E-state index contributed by atoms with van der Waals surface area (Å²) in [6.45, 7) is 0. The number of hydrogen-bond acceptors (Lipinski definition) is 3. The van der Waals surface area contributed by atoms with E-state index in [4.69, 9.17) is 14.4 Å². The van der Waals surface area contributed by atoms with Crippen LogP contribution < -0.4 is 0 Å². The number of rotatable bonds is 3. The number of hydrogen-bond donors (Lipinski definition) is 0. The summed E-state index contributed by atoms with van der Waals surface area (Å²) in [7, 11) is 0. The van der Waals surface area contributed by atoms with E-state index in [2.05, 4.69) is 118 Å². The molecule has 7 aromatic carbocycles. The topological polar surface area (TPSA) is 48.3 Å². The second-order valence-electron chi connectivity index (χ2n) is 13.4. The average Bonchev–Trinajstić information content (AvgIpc) is 3.93. The number of para-hydroxylation sites is 4. The van der Waals surface area contributed by atoms with Crippen molar-refractivity contribution in [3.8, 4) is 28.3 Å². The predicted molar refractivity (Wildman–Crippen MR) is 209 cm³/mol. The summed E-state index contributed by atoms with van der Waals surface area (Å²) < 4.78 is 11.2. The third-order valence-corrected chi connectivity index (χ3v) is 10.7. The van der Waals surface area contributed by atoms with Gasteiger partial charge < -0.3 is 13.4 Å². The van der Waals surface area contributed by atoms with Crippen molar-refractivity contribution in [2.75, 3.05) is 0 Å². The molecule has 0 bridgehead atoms. The van der Waals surface area contributed by atoms with E-state index in [0.717, 1.165) is 49.9 Å². The third kappa shape index (κ3) is 3.59. The third-order valence-electron chi connectivity index (χ3n) is 10.7. The molecule has 0 spiro atoms. The van der Waals surface area contributed by atoms with Crippen LogP contribution in [-0.4, -0.2) is 18.9 Å². The quantitative estimate of drug-likeness (QED) is 0.191. The lowest BCUT2D eigenvalue weighted by Crippen LogP contribution is -1.95. The molecule has 0 aliphatic carbocycles. The number of fused-ring (bicyclic) bond motifs is 12. The average molecular weight is 651 g/mol. The van der Waals surface area contributed by atoms with Gasteiger partial charge in [-0.15, -0.1) is 0 Å². The molecule has 0 atom stereocenters. The highest BCUT2D eigenvalue weighted by Gasteiger charge is 2.21. The molecule has 5 aromatic heterocycles. The van der Waals surface area contributed by atoms with Crippen LogP contribution in [-0.2, 0) is 0 Å². The van der Waals surface area contributed by atoms with Gasteiger partial charge in [0.2, 0.25) is 5.71 Å². The van der Waals surface area contributed by atoms with E-state index in [9.17, 15) is 0 Å². The standard InChI is InChI=1S/C46H26N4O/c1-2-11-27(12-3-1)45-47-43(42-35-15-6-9-20-41(35)51-46(42)48-45)28-21-24-39-36(25-28)31-14-5-7-18-37(31)49(39)29-22-23-32-34-17-10-16-33-30-13-4-8-19-38(30)50(44(33)34)40(32)26-29/h1-26H. The summed E-state index contributed by atoms with van der Waals surface area (Å²) in [6.07, 6.45) is 0. The van der Waals surface area contributed by atoms with Crippen molar-refractivity contribution >= 4 is 82.0 Å². The molecular formula is C46H26N4O. The monoisotopic (exact) mass is 650 g/mol. The molecule has 0 saturated heterocycles. The van der Waals surface area contributed by atoms with Crippen LogP contribution in [0.4, 0.5) is 0 Å². The Hall–Kier alpha value is -6.98. The minimum absolute atomic E-state index is 0.591. The first-order valence-electron chi connectivity index (χ1n) is 17.3. The summed E-state index contributed by atoms with van der Waals surface area (Å²) in [5.74, 6) is 0.644. The molecule has 0 fully saturated rings. The van der Waals surface area contributed by atoms with Crippen LogP contribution in [0.2, 0.25) is 0 Å². The van der Waals surface area contributed by atoms with Gasteiger partial charge in [0.15, 0.2) is 5.82 Å². The van der Waals surface area contributed by atoms with E-state index in [1.165, 1.54) is 48.9 Å². The normalized spacial score (nSPS) is 12.3. The lowest BCUT2D eigenvalue weighted by Gasteiger charge is -2.10. The molecule has 0 amide bonds. The van der Waals surface area contributed by atoms with Gasteiger partial charge in [0.05, 0.1) is 38.7 Å². The van der Waals surface area contributed by atoms with Crippen molar-refractivity contribution in [3.63, 3.8) is 0 Å². The van der Waals surface area contributed by atoms with Gasteiger partial charge in [-0.3, -0.25) is 0 Å². The predicted octanol–water partition coefficient (Wildman–Crippen LogP) is 12.0. The lowest BCUT2D eigenvalue weighted by atomic mass is 10.0. The molecule has 0 aliphatic rings. The number of furan rings is 1. The maximum atomic E-state index is 6.34. The molecule has 12 rings (SSSR count). The van der Waals surface area contributed by atoms with E-state index in [0.29, 0.717) is 11.5 Å². The molecule has 51 heavy (non-hydrogen) atoms. The van der Waals surface area contributed by atoms with Gasteiger partial charge in [-0.2, -0.15) is 4.98 Å². The van der Waals surface area contributed by atoms with Crippen molar-refractivity contribution in [2.24, 2.45) is 0 Å². The lowest BCUT2D eigenvalue weighted by molar-refractivity contribution is 0.653. The minimum atomic E-state index is 0.591. The highest BCUT2D eigenvalue weighted by atomic mass is 16.3. The molecule has 0 unspecified atom stereocenters. The van der Waals surface area contributed by atoms with Gasteiger partial charge in [0.25, 0.3) is 0 Å². The van der Waals surface area contributed by atoms with Crippen molar-refractivity contribution in [3.05, 3.63) is 158 Å². The van der Waals surface area contributed by atoms with Gasteiger partial charge in [-0.1, -0.05) is 115 Å². The number of aromatic nitrogens is 4. The zero-order valence-corrected chi connectivity index (χ0v) is 27.2. The Morgan fingerprint density at radius 3 is 1.94 bits per heavy atom. The maximum Gasteiger partial charge on any atom is 0.231 e. The molecule has 5 nitrogen and oxygen atoms in total. The van der Waals surface area contributed by atoms with Crippen molar-refractivity contribution < 1.29 is 4.42 Å². The van der Waals surface area contributed by atoms with Gasteiger partial charge in [0, 0.05) is 54.5 Å². The highest BCUT2D eigenvalue weighted by molar-refractivity contribution is 6.23. The van der Waals surface area contributed by atoms with Crippen LogP contribution in [0.1, 0.15) is 0 Å². The van der Waals surface area contributed by atoms with E-state index in [1.807, 2.05) is 48.5 Å². The molecule has 5 heterocycles. The smallest absolute Gasteiger partial charge is 0.231 e. The zero-order chi connectivity index (χ0) is 33.2. The fourth-order valence-corrected chi connectivity index (χ4v) is 8.50. The first-order chi connectivity index (χ1) is 25.3. The van der Waals surface area contributed by atoms with Crippen LogP contribution in [0.25, 0.3) is 110 Å². The van der Waals surface area contributed by atoms with Crippen molar-refractivity contribution in [1.82, 2.24) is 18.9 Å². The minimum Gasteiger partial charge on any atom is -0.438 e. The molecule has 0 saturated carbocycles. The second-order valence-corrected chi connectivity index (χ2v) is 13.4. The fraction of sp³-hybridized carbons (Fsp3) is 0. The van der Waals surface area contributed by atoms with Crippen LogP contribution in [0.3, 0.4) is 0 Å². The molecule has 0 radical (unpaired) electrons. The number of benzene rings is 7. The molecule has 236 valence electrons. The Morgan fingerprint density at radius 2 is 1.10 bits per heavy atom. The van der Waals surface area contributed by atoms with Gasteiger partial charge >= 0.3 is 0 Å². The second kappa shape index (κ2) is 9.80. The molecule has 5 heteroatoms. The SMILES string of the molecule is c1ccc(-c2nc(-c3ccc4c(c3)c3ccccc3n4-c3ccc4c5cccc6c7ccccc7n(c4c3)c65)c3c(n2)oc2ccccc23)cc1. The molecule has 0 N–H and O–H groups in total. The van der Waals surface area contributed by atoms with Crippen molar-refractivity contribution in [1.29, 1.82) is 0 Å². The largest absolute Gasteiger partial charge is 0.438 e. The number of nitrogens with zero attached hydrogens (tertiary/aromatic N) is 4. The molecule has 12 aromatic rings. The Labute approximate surface area is 290 Å².